The number of carbonyl (C=O) groups is 1. The van der Waals surface area contributed by atoms with Crippen LogP contribution in [0.3, 0.4) is 0 Å². The molecule has 116 valence electrons. The van der Waals surface area contributed by atoms with Gasteiger partial charge in [0.1, 0.15) is 11.6 Å². The maximum atomic E-state index is 12.7. The molecule has 2 N–H and O–H groups in total. The van der Waals surface area contributed by atoms with Crippen molar-refractivity contribution in [2.24, 2.45) is 0 Å². The zero-order chi connectivity index (χ0) is 15.2. The minimum atomic E-state index is -0.436. The van der Waals surface area contributed by atoms with Gasteiger partial charge in [-0.2, -0.15) is 0 Å². The second kappa shape index (κ2) is 7.38. The van der Waals surface area contributed by atoms with E-state index in [0.29, 0.717) is 38.3 Å². The van der Waals surface area contributed by atoms with Crippen molar-refractivity contribution < 1.29 is 19.0 Å². The van der Waals surface area contributed by atoms with Crippen molar-refractivity contribution in [1.82, 2.24) is 10.2 Å². The van der Waals surface area contributed by atoms with Crippen LogP contribution in [0.5, 0.6) is 5.75 Å². The van der Waals surface area contributed by atoms with Gasteiger partial charge in [-0.1, -0.05) is 0 Å². The summed E-state index contributed by atoms with van der Waals surface area (Å²) in [6, 6.07) is 5.56. The first kappa shape index (κ1) is 15.7. The second-order valence-electron chi connectivity index (χ2n) is 5.27. The number of carbonyl (C=O) groups excluding carboxylic acids is 1. The summed E-state index contributed by atoms with van der Waals surface area (Å²) in [6.07, 6.45) is 0.721. The van der Waals surface area contributed by atoms with Gasteiger partial charge in [0.2, 0.25) is 5.91 Å². The van der Waals surface area contributed by atoms with Crippen LogP contribution in [0.15, 0.2) is 24.3 Å². The number of nitrogens with zero attached hydrogens (tertiary/aromatic N) is 1. The summed E-state index contributed by atoms with van der Waals surface area (Å²) >= 11 is 0. The Bertz CT molecular complexity index is 466. The van der Waals surface area contributed by atoms with Gasteiger partial charge in [-0.3, -0.25) is 4.79 Å². The number of amides is 1. The van der Waals surface area contributed by atoms with Gasteiger partial charge in [0.05, 0.1) is 18.8 Å². The number of hydrogen-bond acceptors (Lipinski definition) is 4. The molecule has 1 amide bonds. The van der Waals surface area contributed by atoms with Crippen molar-refractivity contribution in [1.29, 1.82) is 0 Å². The van der Waals surface area contributed by atoms with Crippen LogP contribution in [0.2, 0.25) is 0 Å². The lowest BCUT2D eigenvalue weighted by Crippen LogP contribution is -2.42. The van der Waals surface area contributed by atoms with Crippen molar-refractivity contribution in [2.45, 2.75) is 25.0 Å². The van der Waals surface area contributed by atoms with Gasteiger partial charge < -0.3 is 20.1 Å². The van der Waals surface area contributed by atoms with Gasteiger partial charge >= 0.3 is 0 Å². The van der Waals surface area contributed by atoms with Gasteiger partial charge in [-0.25, -0.2) is 4.39 Å². The van der Waals surface area contributed by atoms with Crippen molar-refractivity contribution in [3.8, 4) is 5.75 Å². The standard InChI is InChI=1S/C15H21FN2O3/c1-18(15(20)14-9-12(19)10-17-14)7-2-8-21-13-5-3-11(16)4-6-13/h3-6,12,14,17,19H,2,7-10H2,1H3/t12-,14+/m0/s1. The molecule has 1 fully saturated rings. The van der Waals surface area contributed by atoms with Crippen LogP contribution in [-0.4, -0.2) is 54.8 Å². The molecule has 1 aromatic carbocycles. The molecule has 1 aromatic rings. The Morgan fingerprint density at radius 1 is 1.48 bits per heavy atom. The molecule has 0 unspecified atom stereocenters. The molecule has 0 aromatic heterocycles. The van der Waals surface area contributed by atoms with E-state index in [0.717, 1.165) is 0 Å². The molecule has 0 saturated carbocycles. The van der Waals surface area contributed by atoms with E-state index in [9.17, 15) is 14.3 Å². The van der Waals surface area contributed by atoms with Gasteiger partial charge in [0.25, 0.3) is 0 Å². The molecule has 6 heteroatoms. The lowest BCUT2D eigenvalue weighted by molar-refractivity contribution is -0.132. The van der Waals surface area contributed by atoms with Crippen LogP contribution < -0.4 is 10.1 Å². The Morgan fingerprint density at radius 3 is 2.81 bits per heavy atom. The van der Waals surface area contributed by atoms with E-state index in [4.69, 9.17) is 4.74 Å². The molecular weight excluding hydrogens is 275 g/mol. The Kier molecular flexibility index (Phi) is 5.52. The Hall–Kier alpha value is -1.66. The lowest BCUT2D eigenvalue weighted by Gasteiger charge is -2.21. The number of hydrogen-bond donors (Lipinski definition) is 2. The van der Waals surface area contributed by atoms with Crippen LogP contribution in [0.1, 0.15) is 12.8 Å². The number of aliphatic hydroxyl groups excluding tert-OH is 1. The predicted octanol–water partition coefficient (Wildman–Crippen LogP) is 0.776. The van der Waals surface area contributed by atoms with Crippen LogP contribution in [-0.2, 0) is 4.79 Å². The number of benzene rings is 1. The largest absolute Gasteiger partial charge is 0.494 e. The average Bonchev–Trinajstić information content (AvgIpc) is 2.91. The predicted molar refractivity (Wildman–Crippen MR) is 76.6 cm³/mol. The topological polar surface area (TPSA) is 61.8 Å². The van der Waals surface area contributed by atoms with E-state index in [1.54, 1.807) is 24.1 Å². The molecule has 0 spiro atoms. The fraction of sp³-hybridized carbons (Fsp3) is 0.533. The third kappa shape index (κ3) is 4.68. The van der Waals surface area contributed by atoms with Gasteiger partial charge in [-0.15, -0.1) is 0 Å². The Balaban J connectivity index is 1.66. The van der Waals surface area contributed by atoms with Gasteiger partial charge in [-0.05, 0) is 37.1 Å². The van der Waals surface area contributed by atoms with E-state index in [2.05, 4.69) is 5.32 Å². The van der Waals surface area contributed by atoms with Crippen molar-refractivity contribution >= 4 is 5.91 Å². The quantitative estimate of drug-likeness (QED) is 0.762. The maximum Gasteiger partial charge on any atom is 0.239 e. The van der Waals surface area contributed by atoms with E-state index in [1.807, 2.05) is 0 Å². The third-order valence-corrected chi connectivity index (χ3v) is 3.50. The number of nitrogens with one attached hydrogen (secondary N) is 1. The molecule has 1 aliphatic rings. The highest BCUT2D eigenvalue weighted by Gasteiger charge is 2.29. The van der Waals surface area contributed by atoms with Crippen LogP contribution in [0.25, 0.3) is 0 Å². The number of aliphatic hydroxyl groups is 1. The van der Waals surface area contributed by atoms with Gasteiger partial charge in [0.15, 0.2) is 0 Å². The normalized spacial score (nSPS) is 21.3. The van der Waals surface area contributed by atoms with E-state index in [1.165, 1.54) is 12.1 Å². The molecular formula is C15H21FN2O3. The monoisotopic (exact) mass is 296 g/mol. The first-order chi connectivity index (χ1) is 10.1. The van der Waals surface area contributed by atoms with E-state index in [-0.39, 0.29) is 17.8 Å². The summed E-state index contributed by atoms with van der Waals surface area (Å²) in [7, 11) is 1.74. The van der Waals surface area contributed by atoms with Crippen molar-refractivity contribution in [2.75, 3.05) is 26.7 Å². The molecule has 1 heterocycles. The minimum absolute atomic E-state index is 0.00617. The zero-order valence-electron chi connectivity index (χ0n) is 12.1. The molecule has 0 aliphatic carbocycles. The summed E-state index contributed by atoms with van der Waals surface area (Å²) in [5.74, 6) is 0.318. The molecule has 0 radical (unpaired) electrons. The highest BCUT2D eigenvalue weighted by molar-refractivity contribution is 5.82. The summed E-state index contributed by atoms with van der Waals surface area (Å²) < 4.78 is 18.2. The summed E-state index contributed by atoms with van der Waals surface area (Å²) in [6.45, 7) is 1.51. The average molecular weight is 296 g/mol. The zero-order valence-corrected chi connectivity index (χ0v) is 12.1. The highest BCUT2D eigenvalue weighted by Crippen LogP contribution is 2.12. The smallest absolute Gasteiger partial charge is 0.239 e. The first-order valence-electron chi connectivity index (χ1n) is 7.11. The summed E-state index contributed by atoms with van der Waals surface area (Å²) in [4.78, 5) is 13.7. The van der Waals surface area contributed by atoms with Crippen LogP contribution >= 0.6 is 0 Å². The molecule has 0 bridgehead atoms. The fourth-order valence-corrected chi connectivity index (χ4v) is 2.30. The molecule has 2 rings (SSSR count). The van der Waals surface area contributed by atoms with E-state index < -0.39 is 6.10 Å². The number of likely N-dealkylation sites (N-methyl/N-ethyl adjacent to an activating group) is 1. The molecule has 5 nitrogen and oxygen atoms in total. The van der Waals surface area contributed by atoms with Crippen molar-refractivity contribution in [3.05, 3.63) is 30.1 Å². The maximum absolute atomic E-state index is 12.7. The SMILES string of the molecule is CN(CCCOc1ccc(F)cc1)C(=O)[C@H]1C[C@H](O)CN1. The van der Waals surface area contributed by atoms with E-state index >= 15 is 0 Å². The number of rotatable bonds is 6. The molecule has 1 saturated heterocycles. The second-order valence-corrected chi connectivity index (χ2v) is 5.27. The highest BCUT2D eigenvalue weighted by atomic mass is 19.1. The van der Waals surface area contributed by atoms with Crippen molar-refractivity contribution in [3.63, 3.8) is 0 Å². The number of ether oxygens (including phenoxy) is 1. The number of β-amino-alcohol motifs (C(OH)–C–C–N with tert-alkyl or cyclic N) is 1. The van der Waals surface area contributed by atoms with Gasteiger partial charge in [0, 0.05) is 20.1 Å². The Morgan fingerprint density at radius 2 is 2.19 bits per heavy atom. The summed E-state index contributed by atoms with van der Waals surface area (Å²) in [5, 5.41) is 12.4. The fourth-order valence-electron chi connectivity index (χ4n) is 2.30. The molecule has 2 atom stereocenters. The summed E-state index contributed by atoms with van der Waals surface area (Å²) in [5.41, 5.74) is 0. The third-order valence-electron chi connectivity index (χ3n) is 3.50. The molecule has 21 heavy (non-hydrogen) atoms. The number of halogens is 1. The molecule has 1 aliphatic heterocycles. The Labute approximate surface area is 123 Å². The van der Waals surface area contributed by atoms with Crippen LogP contribution in [0, 0.1) is 5.82 Å². The minimum Gasteiger partial charge on any atom is -0.494 e. The first-order valence-corrected chi connectivity index (χ1v) is 7.11. The van der Waals surface area contributed by atoms with Crippen LogP contribution in [0.4, 0.5) is 4.39 Å². The lowest BCUT2D eigenvalue weighted by atomic mass is 10.2.